The van der Waals surface area contributed by atoms with Crippen molar-refractivity contribution < 1.29 is 0 Å². The summed E-state index contributed by atoms with van der Waals surface area (Å²) in [5.41, 5.74) is 9.67. The minimum atomic E-state index is 0.609. The van der Waals surface area contributed by atoms with Crippen LogP contribution in [0, 0.1) is 11.3 Å². The summed E-state index contributed by atoms with van der Waals surface area (Å²) in [4.78, 5) is 4.84. The first-order chi connectivity index (χ1) is 9.72. The monoisotopic (exact) mass is 269 g/mol. The number of aromatic nitrogens is 2. The van der Waals surface area contributed by atoms with Crippen molar-refractivity contribution in [2.45, 2.75) is 52.0 Å². The molecule has 106 valence electrons. The van der Waals surface area contributed by atoms with Gasteiger partial charge in [-0.15, -0.1) is 0 Å². The molecule has 0 spiro atoms. The maximum Gasteiger partial charge on any atom is 0.109 e. The highest BCUT2D eigenvalue weighted by atomic mass is 15.1. The van der Waals surface area contributed by atoms with Crippen molar-refractivity contribution in [3.63, 3.8) is 0 Å². The number of fused-ring (bicyclic) bond motifs is 1. The number of hydrogen-bond acceptors (Lipinski definition) is 2. The molecule has 0 radical (unpaired) electrons. The van der Waals surface area contributed by atoms with Gasteiger partial charge in [0.15, 0.2) is 0 Å². The molecule has 3 heteroatoms. The zero-order chi connectivity index (χ0) is 13.7. The van der Waals surface area contributed by atoms with E-state index in [-0.39, 0.29) is 0 Å². The van der Waals surface area contributed by atoms with E-state index in [0.717, 1.165) is 30.0 Å². The van der Waals surface area contributed by atoms with Gasteiger partial charge in [-0.2, -0.15) is 0 Å². The molecule has 0 amide bonds. The summed E-state index contributed by atoms with van der Waals surface area (Å²) >= 11 is 0. The van der Waals surface area contributed by atoms with E-state index < -0.39 is 0 Å². The van der Waals surface area contributed by atoms with Gasteiger partial charge in [0.1, 0.15) is 5.82 Å². The number of benzene rings is 1. The molecule has 1 aromatic carbocycles. The molecule has 2 fully saturated rings. The molecular formula is C17H23N3. The zero-order valence-corrected chi connectivity index (χ0v) is 12.2. The Bertz CT molecular complexity index is 648. The van der Waals surface area contributed by atoms with Crippen LogP contribution in [0.5, 0.6) is 0 Å². The van der Waals surface area contributed by atoms with Crippen LogP contribution in [-0.4, -0.2) is 9.55 Å². The van der Waals surface area contributed by atoms with Crippen LogP contribution in [0.3, 0.4) is 0 Å². The molecule has 20 heavy (non-hydrogen) atoms. The summed E-state index contributed by atoms with van der Waals surface area (Å²) in [6.07, 6.45) is 7.94. The van der Waals surface area contributed by atoms with Gasteiger partial charge < -0.3 is 10.3 Å². The van der Waals surface area contributed by atoms with Gasteiger partial charge in [0.05, 0.1) is 11.0 Å². The number of nitrogens with two attached hydrogens (primary N) is 1. The van der Waals surface area contributed by atoms with Gasteiger partial charge in [0.25, 0.3) is 0 Å². The van der Waals surface area contributed by atoms with Crippen molar-refractivity contribution in [2.24, 2.45) is 11.3 Å². The lowest BCUT2D eigenvalue weighted by atomic mass is 10.0. The molecule has 0 saturated heterocycles. The van der Waals surface area contributed by atoms with Gasteiger partial charge in [-0.05, 0) is 61.6 Å². The number of imidazole rings is 1. The maximum absolute atomic E-state index is 5.91. The summed E-state index contributed by atoms with van der Waals surface area (Å²) in [5.74, 6) is 2.24. The van der Waals surface area contributed by atoms with Crippen molar-refractivity contribution in [1.82, 2.24) is 9.55 Å². The third-order valence-corrected chi connectivity index (χ3v) is 5.13. The average Bonchev–Trinajstić information content (AvgIpc) is 3.30. The van der Waals surface area contributed by atoms with Crippen LogP contribution < -0.4 is 5.73 Å². The van der Waals surface area contributed by atoms with Crippen molar-refractivity contribution in [2.75, 3.05) is 5.73 Å². The van der Waals surface area contributed by atoms with Crippen LogP contribution in [-0.2, 0) is 13.0 Å². The minimum absolute atomic E-state index is 0.609. The molecule has 4 rings (SSSR count). The van der Waals surface area contributed by atoms with Gasteiger partial charge in [-0.1, -0.05) is 6.92 Å². The van der Waals surface area contributed by atoms with Gasteiger partial charge >= 0.3 is 0 Å². The second-order valence-corrected chi connectivity index (χ2v) is 6.75. The Balaban J connectivity index is 1.76. The fourth-order valence-corrected chi connectivity index (χ4v) is 3.65. The second kappa shape index (κ2) is 4.24. The Labute approximate surface area is 120 Å². The lowest BCUT2D eigenvalue weighted by Crippen LogP contribution is -2.16. The number of hydrogen-bond donors (Lipinski definition) is 1. The Morgan fingerprint density at radius 1 is 1.35 bits per heavy atom. The molecule has 0 atom stereocenters. The SMILES string of the molecule is CCCc1nc2cc(N)ccc2n1CC1(C2CC2)CC1. The van der Waals surface area contributed by atoms with Gasteiger partial charge in [-0.3, -0.25) is 0 Å². The fourth-order valence-electron chi connectivity index (χ4n) is 3.65. The molecule has 0 unspecified atom stereocenters. The summed E-state index contributed by atoms with van der Waals surface area (Å²) in [6, 6.07) is 6.18. The van der Waals surface area contributed by atoms with Gasteiger partial charge in [0, 0.05) is 18.7 Å². The van der Waals surface area contributed by atoms with E-state index in [1.165, 1.54) is 43.6 Å². The normalized spacial score (nSPS) is 20.4. The summed E-state index contributed by atoms with van der Waals surface area (Å²) in [5, 5.41) is 0. The molecule has 2 aliphatic carbocycles. The number of anilines is 1. The first kappa shape index (κ1) is 12.2. The van der Waals surface area contributed by atoms with Crippen LogP contribution in [0.2, 0.25) is 0 Å². The minimum Gasteiger partial charge on any atom is -0.399 e. The number of rotatable bonds is 5. The predicted molar refractivity (Wildman–Crippen MR) is 82.5 cm³/mol. The first-order valence-electron chi connectivity index (χ1n) is 7.96. The average molecular weight is 269 g/mol. The number of nitrogens with zero attached hydrogens (tertiary/aromatic N) is 2. The summed E-state index contributed by atoms with van der Waals surface area (Å²) in [7, 11) is 0. The number of nitrogen functional groups attached to an aromatic ring is 1. The third kappa shape index (κ3) is 1.91. The molecule has 2 aromatic rings. The molecule has 2 saturated carbocycles. The Morgan fingerprint density at radius 2 is 2.15 bits per heavy atom. The number of aryl methyl sites for hydroxylation is 1. The topological polar surface area (TPSA) is 43.8 Å². The molecule has 1 aromatic heterocycles. The van der Waals surface area contributed by atoms with Crippen LogP contribution >= 0.6 is 0 Å². The summed E-state index contributed by atoms with van der Waals surface area (Å²) < 4.78 is 2.49. The molecule has 3 nitrogen and oxygen atoms in total. The predicted octanol–water partition coefficient (Wildman–Crippen LogP) is 3.76. The van der Waals surface area contributed by atoms with Gasteiger partial charge in [-0.25, -0.2) is 4.98 Å². The lowest BCUT2D eigenvalue weighted by molar-refractivity contribution is 0.369. The molecule has 2 aliphatic rings. The fraction of sp³-hybridized carbons (Fsp3) is 0.588. The van der Waals surface area contributed by atoms with E-state index in [1.54, 1.807) is 0 Å². The smallest absolute Gasteiger partial charge is 0.109 e. The van der Waals surface area contributed by atoms with Crippen LogP contribution in [0.15, 0.2) is 18.2 Å². The Kier molecular flexibility index (Phi) is 2.60. The molecule has 2 N–H and O–H groups in total. The van der Waals surface area contributed by atoms with E-state index >= 15 is 0 Å². The van der Waals surface area contributed by atoms with Crippen molar-refractivity contribution in [1.29, 1.82) is 0 Å². The van der Waals surface area contributed by atoms with Crippen LogP contribution in [0.1, 0.15) is 44.9 Å². The largest absolute Gasteiger partial charge is 0.399 e. The maximum atomic E-state index is 5.91. The summed E-state index contributed by atoms with van der Waals surface area (Å²) in [6.45, 7) is 3.40. The lowest BCUT2D eigenvalue weighted by Gasteiger charge is -2.17. The second-order valence-electron chi connectivity index (χ2n) is 6.75. The quantitative estimate of drug-likeness (QED) is 0.840. The highest BCUT2D eigenvalue weighted by Gasteiger charge is 2.54. The molecule has 1 heterocycles. The standard InChI is InChI=1S/C17H23N3/c1-2-3-16-19-14-10-13(18)6-7-15(14)20(16)11-17(8-9-17)12-4-5-12/h6-7,10,12H,2-5,8-9,11,18H2,1H3. The Hall–Kier alpha value is -1.51. The van der Waals surface area contributed by atoms with E-state index in [1.807, 2.05) is 12.1 Å². The van der Waals surface area contributed by atoms with Crippen LogP contribution in [0.4, 0.5) is 5.69 Å². The highest BCUT2D eigenvalue weighted by Crippen LogP contribution is 2.62. The molecule has 0 aliphatic heterocycles. The first-order valence-corrected chi connectivity index (χ1v) is 7.96. The zero-order valence-electron chi connectivity index (χ0n) is 12.2. The highest BCUT2D eigenvalue weighted by molar-refractivity contribution is 5.79. The Morgan fingerprint density at radius 3 is 2.80 bits per heavy atom. The van der Waals surface area contributed by atoms with Gasteiger partial charge in [0.2, 0.25) is 0 Å². The van der Waals surface area contributed by atoms with Crippen LogP contribution in [0.25, 0.3) is 11.0 Å². The van der Waals surface area contributed by atoms with E-state index in [0.29, 0.717) is 5.41 Å². The van der Waals surface area contributed by atoms with Crippen molar-refractivity contribution in [3.8, 4) is 0 Å². The van der Waals surface area contributed by atoms with E-state index in [9.17, 15) is 0 Å². The van der Waals surface area contributed by atoms with Crippen molar-refractivity contribution in [3.05, 3.63) is 24.0 Å². The van der Waals surface area contributed by atoms with Crippen molar-refractivity contribution >= 4 is 16.7 Å². The third-order valence-electron chi connectivity index (χ3n) is 5.13. The van der Waals surface area contributed by atoms with E-state index in [4.69, 9.17) is 10.7 Å². The molecular weight excluding hydrogens is 246 g/mol. The molecule has 0 bridgehead atoms. The van der Waals surface area contributed by atoms with E-state index in [2.05, 4.69) is 17.6 Å².